The Morgan fingerprint density at radius 2 is 2.00 bits per heavy atom. The van der Waals surface area contributed by atoms with Crippen LogP contribution in [0.25, 0.3) is 11.7 Å². The molecule has 2 rings (SSSR count). The van der Waals surface area contributed by atoms with E-state index in [1.165, 1.54) is 12.1 Å². The molecule has 0 aliphatic rings. The molecule has 16 heavy (non-hydrogen) atoms. The van der Waals surface area contributed by atoms with E-state index in [4.69, 9.17) is 8.83 Å². The summed E-state index contributed by atoms with van der Waals surface area (Å²) in [5.74, 6) is -0.0215. The number of oxazole rings is 1. The van der Waals surface area contributed by atoms with E-state index in [0.29, 0.717) is 16.2 Å². The molecule has 0 aromatic carbocycles. The lowest BCUT2D eigenvalue weighted by Gasteiger charge is -1.92. The Balaban J connectivity index is 2.50. The van der Waals surface area contributed by atoms with E-state index in [-0.39, 0.29) is 11.7 Å². The van der Waals surface area contributed by atoms with Crippen LogP contribution in [0.15, 0.2) is 21.0 Å². The van der Waals surface area contributed by atoms with Gasteiger partial charge >= 0.3 is 11.8 Å². The van der Waals surface area contributed by atoms with Crippen LogP contribution in [0.5, 0.6) is 0 Å². The van der Waals surface area contributed by atoms with E-state index in [2.05, 4.69) is 0 Å². The standard InChI is InChI=1S/C9H8N2O5/c1-5-6(2)15-9(10(5)12)7-3-4-8(16-7)11(13)14/h3-4H,1-2H3. The molecule has 2 heterocycles. The van der Waals surface area contributed by atoms with Crippen molar-refractivity contribution in [1.29, 1.82) is 0 Å². The van der Waals surface area contributed by atoms with E-state index < -0.39 is 10.8 Å². The van der Waals surface area contributed by atoms with Gasteiger partial charge in [0.15, 0.2) is 5.76 Å². The molecule has 0 aliphatic carbocycles. The van der Waals surface area contributed by atoms with Gasteiger partial charge in [-0.2, -0.15) is 0 Å². The first kappa shape index (κ1) is 10.2. The van der Waals surface area contributed by atoms with E-state index >= 15 is 0 Å². The van der Waals surface area contributed by atoms with Crippen molar-refractivity contribution in [2.75, 3.05) is 0 Å². The molecule has 0 saturated carbocycles. The minimum Gasteiger partial charge on any atom is -0.616 e. The van der Waals surface area contributed by atoms with Gasteiger partial charge in [-0.25, -0.2) is 0 Å². The van der Waals surface area contributed by atoms with Gasteiger partial charge < -0.3 is 14.0 Å². The lowest BCUT2D eigenvalue weighted by Crippen LogP contribution is -2.29. The Kier molecular flexibility index (Phi) is 2.15. The first-order chi connectivity index (χ1) is 7.50. The molecule has 0 saturated heterocycles. The average Bonchev–Trinajstić information content (AvgIpc) is 2.79. The van der Waals surface area contributed by atoms with Crippen LogP contribution in [0.3, 0.4) is 0 Å². The highest BCUT2D eigenvalue weighted by atomic mass is 16.6. The smallest absolute Gasteiger partial charge is 0.433 e. The second kappa shape index (κ2) is 3.37. The number of aromatic nitrogens is 1. The number of hydrogen-bond donors (Lipinski definition) is 0. The van der Waals surface area contributed by atoms with Crippen molar-refractivity contribution in [2.24, 2.45) is 0 Å². The second-order valence-electron chi connectivity index (χ2n) is 3.24. The summed E-state index contributed by atoms with van der Waals surface area (Å²) in [6, 6.07) is 2.49. The number of nitrogens with zero attached hydrogens (tertiary/aromatic N) is 2. The van der Waals surface area contributed by atoms with Crippen LogP contribution in [-0.2, 0) is 0 Å². The third-order valence-electron chi connectivity index (χ3n) is 2.23. The quantitative estimate of drug-likeness (QED) is 0.334. The fourth-order valence-corrected chi connectivity index (χ4v) is 1.25. The lowest BCUT2D eigenvalue weighted by molar-refractivity contribution is -0.603. The zero-order chi connectivity index (χ0) is 11.9. The molecule has 0 amide bonds. The molecule has 0 spiro atoms. The van der Waals surface area contributed by atoms with Gasteiger partial charge in [-0.3, -0.25) is 10.1 Å². The van der Waals surface area contributed by atoms with Crippen molar-refractivity contribution in [2.45, 2.75) is 13.8 Å². The number of rotatable bonds is 2. The van der Waals surface area contributed by atoms with Crippen molar-refractivity contribution in [3.63, 3.8) is 0 Å². The number of hydrogen-bond acceptors (Lipinski definition) is 5. The summed E-state index contributed by atoms with van der Waals surface area (Å²) in [6.45, 7) is 3.22. The Hall–Kier alpha value is -2.31. The van der Waals surface area contributed by atoms with Crippen LogP contribution in [-0.4, -0.2) is 4.92 Å². The molecule has 0 bridgehead atoms. The fourth-order valence-electron chi connectivity index (χ4n) is 1.25. The van der Waals surface area contributed by atoms with Crippen molar-refractivity contribution >= 4 is 5.88 Å². The van der Waals surface area contributed by atoms with Crippen LogP contribution >= 0.6 is 0 Å². The molecular weight excluding hydrogens is 216 g/mol. The predicted molar refractivity (Wildman–Crippen MR) is 51.5 cm³/mol. The summed E-state index contributed by atoms with van der Waals surface area (Å²) in [4.78, 5) is 9.72. The second-order valence-corrected chi connectivity index (χ2v) is 3.24. The summed E-state index contributed by atoms with van der Waals surface area (Å²) < 4.78 is 10.6. The molecule has 2 aromatic heterocycles. The highest BCUT2D eigenvalue weighted by molar-refractivity contribution is 5.44. The van der Waals surface area contributed by atoms with Gasteiger partial charge in [-0.05, 0) is 0 Å². The molecule has 0 fully saturated rings. The van der Waals surface area contributed by atoms with Crippen LogP contribution in [0.2, 0.25) is 0 Å². The lowest BCUT2D eigenvalue weighted by atomic mass is 10.4. The summed E-state index contributed by atoms with van der Waals surface area (Å²) in [7, 11) is 0. The minimum absolute atomic E-state index is 0.0397. The van der Waals surface area contributed by atoms with E-state index in [1.807, 2.05) is 0 Å². The molecule has 0 unspecified atom stereocenters. The summed E-state index contributed by atoms with van der Waals surface area (Å²) in [5, 5.41) is 22.0. The van der Waals surface area contributed by atoms with Crippen LogP contribution in [0, 0.1) is 29.2 Å². The highest BCUT2D eigenvalue weighted by Gasteiger charge is 2.25. The third kappa shape index (κ3) is 1.42. The van der Waals surface area contributed by atoms with E-state index in [0.717, 1.165) is 0 Å². The molecule has 0 atom stereocenters. The van der Waals surface area contributed by atoms with Crippen molar-refractivity contribution in [3.8, 4) is 11.7 Å². The van der Waals surface area contributed by atoms with Crippen LogP contribution in [0.1, 0.15) is 11.5 Å². The Bertz CT molecular complexity index is 554. The van der Waals surface area contributed by atoms with E-state index in [9.17, 15) is 15.3 Å². The maximum absolute atomic E-state index is 11.6. The molecule has 2 aromatic rings. The normalized spacial score (nSPS) is 10.6. The molecule has 7 nitrogen and oxygen atoms in total. The van der Waals surface area contributed by atoms with Crippen molar-refractivity contribution in [1.82, 2.24) is 0 Å². The molecule has 7 heteroatoms. The highest BCUT2D eigenvalue weighted by Crippen LogP contribution is 2.25. The zero-order valence-corrected chi connectivity index (χ0v) is 8.59. The summed E-state index contributed by atoms with van der Waals surface area (Å²) in [5.41, 5.74) is 0.397. The Morgan fingerprint density at radius 1 is 1.31 bits per heavy atom. The topological polar surface area (TPSA) is 96.4 Å². The van der Waals surface area contributed by atoms with Gasteiger partial charge in [0.1, 0.15) is 4.92 Å². The first-order valence-electron chi connectivity index (χ1n) is 4.45. The minimum atomic E-state index is -0.679. The third-order valence-corrected chi connectivity index (χ3v) is 2.23. The predicted octanol–water partition coefficient (Wildman–Crippen LogP) is 1.70. The summed E-state index contributed by atoms with van der Waals surface area (Å²) in [6.07, 6.45) is 0. The van der Waals surface area contributed by atoms with E-state index in [1.54, 1.807) is 13.8 Å². The molecule has 0 radical (unpaired) electrons. The Morgan fingerprint density at radius 3 is 2.44 bits per heavy atom. The van der Waals surface area contributed by atoms with Gasteiger partial charge in [0, 0.05) is 19.9 Å². The van der Waals surface area contributed by atoms with Gasteiger partial charge in [-0.1, -0.05) is 0 Å². The SMILES string of the molecule is Cc1oc(-c2ccc([N+](=O)[O-])o2)[n+]([O-])c1C. The largest absolute Gasteiger partial charge is 0.616 e. The molecular formula is C9H8N2O5. The average molecular weight is 224 g/mol. The molecule has 0 N–H and O–H groups in total. The Labute approximate surface area is 89.6 Å². The first-order valence-corrected chi connectivity index (χ1v) is 4.45. The van der Waals surface area contributed by atoms with Crippen LogP contribution in [0.4, 0.5) is 5.88 Å². The van der Waals surface area contributed by atoms with Gasteiger partial charge in [0.2, 0.25) is 11.5 Å². The maximum atomic E-state index is 11.6. The monoisotopic (exact) mass is 224 g/mol. The van der Waals surface area contributed by atoms with Gasteiger partial charge in [0.25, 0.3) is 0 Å². The van der Waals surface area contributed by atoms with Gasteiger partial charge in [-0.15, -0.1) is 4.73 Å². The maximum Gasteiger partial charge on any atom is 0.433 e. The van der Waals surface area contributed by atoms with Gasteiger partial charge in [0.05, 0.1) is 6.07 Å². The fraction of sp³-hybridized carbons (Fsp3) is 0.222. The number of furan rings is 1. The number of nitro groups is 1. The molecule has 0 aliphatic heterocycles. The zero-order valence-electron chi connectivity index (χ0n) is 8.59. The van der Waals surface area contributed by atoms with Crippen molar-refractivity contribution < 1.29 is 18.5 Å². The van der Waals surface area contributed by atoms with Crippen LogP contribution < -0.4 is 4.73 Å². The number of aryl methyl sites for hydroxylation is 1. The molecule has 84 valence electrons. The summed E-state index contributed by atoms with van der Waals surface area (Å²) >= 11 is 0. The van der Waals surface area contributed by atoms with Crippen molar-refractivity contribution in [3.05, 3.63) is 38.9 Å².